The number of nitrogens with one attached hydrogen (secondary N) is 1. The number of hydrogen-bond donors (Lipinski definition) is 2. The number of rotatable bonds is 1. The topological polar surface area (TPSA) is 64.3 Å². The van der Waals surface area contributed by atoms with Crippen LogP contribution in [0.3, 0.4) is 0 Å². The van der Waals surface area contributed by atoms with Crippen LogP contribution in [0.1, 0.15) is 33.6 Å². The van der Waals surface area contributed by atoms with Crippen LogP contribution >= 0.6 is 0 Å². The molecule has 1 aliphatic rings. The first-order valence-corrected chi connectivity index (χ1v) is 5.22. The summed E-state index contributed by atoms with van der Waals surface area (Å²) in [6.07, 6.45) is -1.52. The normalized spacial score (nSPS) is 28.9. The number of carbonyl (C=O) groups is 1. The highest BCUT2D eigenvalue weighted by molar-refractivity contribution is 5.68. The molecule has 0 radical (unpaired) electrons. The monoisotopic (exact) mass is 236 g/mol. The summed E-state index contributed by atoms with van der Waals surface area (Å²) in [5, 5.41) is 2.37. The molecule has 1 rings (SSSR count). The van der Waals surface area contributed by atoms with Crippen molar-refractivity contribution in [3.63, 3.8) is 0 Å². The Morgan fingerprint density at radius 2 is 2.00 bits per heavy atom. The summed E-state index contributed by atoms with van der Waals surface area (Å²) in [4.78, 5) is 11.3. The van der Waals surface area contributed by atoms with E-state index in [1.807, 2.05) is 0 Å². The van der Waals surface area contributed by atoms with Crippen LogP contribution in [0.15, 0.2) is 0 Å². The van der Waals surface area contributed by atoms with Gasteiger partial charge in [0.15, 0.2) is 0 Å². The maximum atomic E-state index is 13.0. The minimum atomic E-state index is -2.79. The lowest BCUT2D eigenvalue weighted by molar-refractivity contribution is 0.00532. The molecule has 3 N–H and O–H groups in total. The molecule has 0 aromatic heterocycles. The molecule has 4 nitrogen and oxygen atoms in total. The molecule has 0 bridgehead atoms. The summed E-state index contributed by atoms with van der Waals surface area (Å²) >= 11 is 0. The first-order valence-electron chi connectivity index (χ1n) is 5.22. The summed E-state index contributed by atoms with van der Waals surface area (Å²) < 4.78 is 30.9. The van der Waals surface area contributed by atoms with Gasteiger partial charge in [-0.1, -0.05) is 0 Å². The van der Waals surface area contributed by atoms with Crippen molar-refractivity contribution in [1.82, 2.24) is 5.32 Å². The Kier molecular flexibility index (Phi) is 3.42. The van der Waals surface area contributed by atoms with Gasteiger partial charge in [0.2, 0.25) is 0 Å². The second-order valence-corrected chi connectivity index (χ2v) is 5.18. The fraction of sp³-hybridized carbons (Fsp3) is 0.900. The zero-order chi connectivity index (χ0) is 12.6. The Morgan fingerprint density at radius 1 is 1.44 bits per heavy atom. The minimum Gasteiger partial charge on any atom is -0.444 e. The van der Waals surface area contributed by atoms with Crippen LogP contribution in [-0.2, 0) is 4.74 Å². The van der Waals surface area contributed by atoms with Gasteiger partial charge < -0.3 is 15.8 Å². The third-order valence-electron chi connectivity index (χ3n) is 2.27. The number of amides is 1. The fourth-order valence-corrected chi connectivity index (χ4v) is 1.66. The first kappa shape index (κ1) is 13.2. The average molecular weight is 236 g/mol. The van der Waals surface area contributed by atoms with Gasteiger partial charge >= 0.3 is 6.09 Å². The standard InChI is InChI=1S/C10H18F2N2O2/c1-9(2,3)16-8(15)14-7-5-10(11,12)4-6(7)13/h6-7H,4-5,13H2,1-3H3,(H,14,15)/t6-,7+/m0/s1. The van der Waals surface area contributed by atoms with E-state index in [0.29, 0.717) is 0 Å². The minimum absolute atomic E-state index is 0.395. The van der Waals surface area contributed by atoms with E-state index in [2.05, 4.69) is 5.32 Å². The SMILES string of the molecule is CC(C)(C)OC(=O)N[C@@H]1CC(F)(F)C[C@@H]1N. The average Bonchev–Trinajstić information content (AvgIpc) is 2.19. The maximum absolute atomic E-state index is 13.0. The van der Waals surface area contributed by atoms with Crippen LogP contribution in [0, 0.1) is 0 Å². The van der Waals surface area contributed by atoms with E-state index in [1.54, 1.807) is 20.8 Å². The second kappa shape index (κ2) is 4.16. The number of alkyl carbamates (subject to hydrolysis) is 1. The van der Waals surface area contributed by atoms with Crippen molar-refractivity contribution in [2.45, 2.75) is 57.2 Å². The molecule has 1 amide bonds. The molecule has 0 aliphatic heterocycles. The second-order valence-electron chi connectivity index (χ2n) is 5.18. The van der Waals surface area contributed by atoms with Gasteiger partial charge in [-0.15, -0.1) is 0 Å². The number of carbonyl (C=O) groups excluding carboxylic acids is 1. The van der Waals surface area contributed by atoms with Gasteiger partial charge in [-0.3, -0.25) is 0 Å². The van der Waals surface area contributed by atoms with Gasteiger partial charge in [0.25, 0.3) is 5.92 Å². The Hall–Kier alpha value is -0.910. The lowest BCUT2D eigenvalue weighted by Gasteiger charge is -2.23. The van der Waals surface area contributed by atoms with Gasteiger partial charge in [-0.2, -0.15) is 0 Å². The van der Waals surface area contributed by atoms with Crippen LogP contribution in [0.25, 0.3) is 0 Å². The molecule has 2 atom stereocenters. The van der Waals surface area contributed by atoms with Crippen molar-refractivity contribution in [1.29, 1.82) is 0 Å². The summed E-state index contributed by atoms with van der Waals surface area (Å²) in [5.74, 6) is -2.79. The zero-order valence-electron chi connectivity index (χ0n) is 9.72. The van der Waals surface area contributed by atoms with Crippen molar-refractivity contribution in [2.24, 2.45) is 5.73 Å². The van der Waals surface area contributed by atoms with E-state index >= 15 is 0 Å². The Bertz CT molecular complexity index is 276. The molecule has 0 aromatic carbocycles. The highest BCUT2D eigenvalue weighted by atomic mass is 19.3. The van der Waals surface area contributed by atoms with E-state index in [4.69, 9.17) is 10.5 Å². The van der Waals surface area contributed by atoms with Crippen LogP contribution in [0.5, 0.6) is 0 Å². The molecular weight excluding hydrogens is 218 g/mol. The van der Waals surface area contributed by atoms with Crippen molar-refractivity contribution >= 4 is 6.09 Å². The summed E-state index contributed by atoms with van der Waals surface area (Å²) in [6, 6.07) is -1.44. The molecule has 16 heavy (non-hydrogen) atoms. The maximum Gasteiger partial charge on any atom is 0.407 e. The van der Waals surface area contributed by atoms with Crippen LogP contribution in [0.2, 0.25) is 0 Å². The molecule has 1 fully saturated rings. The van der Waals surface area contributed by atoms with Gasteiger partial charge in [-0.05, 0) is 20.8 Å². The molecular formula is C10H18F2N2O2. The molecule has 1 aliphatic carbocycles. The van der Waals surface area contributed by atoms with E-state index in [-0.39, 0.29) is 0 Å². The van der Waals surface area contributed by atoms with Gasteiger partial charge in [-0.25, -0.2) is 13.6 Å². The number of nitrogens with two attached hydrogens (primary N) is 1. The molecule has 0 unspecified atom stereocenters. The van der Waals surface area contributed by atoms with Crippen molar-refractivity contribution in [2.75, 3.05) is 0 Å². The molecule has 94 valence electrons. The molecule has 0 heterocycles. The smallest absolute Gasteiger partial charge is 0.407 e. The third-order valence-corrected chi connectivity index (χ3v) is 2.27. The van der Waals surface area contributed by atoms with Crippen molar-refractivity contribution < 1.29 is 18.3 Å². The number of alkyl halides is 2. The molecule has 1 saturated carbocycles. The van der Waals surface area contributed by atoms with Crippen molar-refractivity contribution in [3.8, 4) is 0 Å². The lowest BCUT2D eigenvalue weighted by atomic mass is 10.2. The van der Waals surface area contributed by atoms with Gasteiger partial charge in [0.1, 0.15) is 5.60 Å². The summed E-state index contributed by atoms with van der Waals surface area (Å²) in [5.41, 5.74) is 4.87. The zero-order valence-corrected chi connectivity index (χ0v) is 9.72. The van der Waals surface area contributed by atoms with E-state index in [1.165, 1.54) is 0 Å². The molecule has 0 aromatic rings. The number of ether oxygens (including phenoxy) is 1. The predicted molar refractivity (Wildman–Crippen MR) is 55.3 cm³/mol. The quantitative estimate of drug-likeness (QED) is 0.727. The Balaban J connectivity index is 2.47. The summed E-state index contributed by atoms with van der Waals surface area (Å²) in [7, 11) is 0. The molecule has 0 saturated heterocycles. The number of hydrogen-bond acceptors (Lipinski definition) is 3. The predicted octanol–water partition coefficient (Wildman–Crippen LogP) is 1.64. The van der Waals surface area contributed by atoms with E-state index in [0.717, 1.165) is 0 Å². The molecule has 0 spiro atoms. The van der Waals surface area contributed by atoms with Gasteiger partial charge in [0.05, 0.1) is 6.04 Å². The molecule has 6 heteroatoms. The van der Waals surface area contributed by atoms with Crippen LogP contribution in [-0.4, -0.2) is 29.7 Å². The highest BCUT2D eigenvalue weighted by Crippen LogP contribution is 2.34. The highest BCUT2D eigenvalue weighted by Gasteiger charge is 2.45. The van der Waals surface area contributed by atoms with Crippen LogP contribution < -0.4 is 11.1 Å². The van der Waals surface area contributed by atoms with Gasteiger partial charge in [0, 0.05) is 18.9 Å². The Labute approximate surface area is 93.5 Å². The van der Waals surface area contributed by atoms with E-state index < -0.39 is 42.5 Å². The van der Waals surface area contributed by atoms with Crippen molar-refractivity contribution in [3.05, 3.63) is 0 Å². The lowest BCUT2D eigenvalue weighted by Crippen LogP contribution is -2.45. The first-order chi connectivity index (χ1) is 7.09. The van der Waals surface area contributed by atoms with Crippen LogP contribution in [0.4, 0.5) is 13.6 Å². The number of halogens is 2. The Morgan fingerprint density at radius 3 is 2.38 bits per heavy atom. The fourth-order valence-electron chi connectivity index (χ4n) is 1.66. The largest absolute Gasteiger partial charge is 0.444 e. The summed E-state index contributed by atoms with van der Waals surface area (Å²) in [6.45, 7) is 5.11. The third kappa shape index (κ3) is 3.92. The van der Waals surface area contributed by atoms with E-state index in [9.17, 15) is 13.6 Å².